The van der Waals surface area contributed by atoms with Gasteiger partial charge in [-0.3, -0.25) is 4.68 Å². The summed E-state index contributed by atoms with van der Waals surface area (Å²) < 4.78 is 14.5. The van der Waals surface area contributed by atoms with E-state index >= 15 is 0 Å². The van der Waals surface area contributed by atoms with Crippen molar-refractivity contribution in [3.63, 3.8) is 0 Å². The van der Waals surface area contributed by atoms with E-state index in [4.69, 9.17) is 9.47 Å². The van der Waals surface area contributed by atoms with Crippen LogP contribution >= 0.6 is 0 Å². The molecular formula is C22H25N5O3. The molecule has 8 nitrogen and oxygen atoms in total. The van der Waals surface area contributed by atoms with Gasteiger partial charge in [0.15, 0.2) is 0 Å². The maximum atomic E-state index is 12.0. The monoisotopic (exact) mass is 407 g/mol. The first-order valence-electron chi connectivity index (χ1n) is 9.77. The minimum atomic E-state index is -0.490. The molecule has 0 N–H and O–H groups in total. The van der Waals surface area contributed by atoms with Crippen molar-refractivity contribution < 1.29 is 14.3 Å². The Hall–Kier alpha value is -3.47. The predicted molar refractivity (Wildman–Crippen MR) is 112 cm³/mol. The summed E-state index contributed by atoms with van der Waals surface area (Å²) in [6, 6.07) is 1.97. The Labute approximate surface area is 175 Å². The van der Waals surface area contributed by atoms with Crippen molar-refractivity contribution >= 4 is 11.6 Å². The lowest BCUT2D eigenvalue weighted by Crippen LogP contribution is -2.51. The molecule has 0 atom stereocenters. The summed E-state index contributed by atoms with van der Waals surface area (Å²) in [7, 11) is 3.52. The van der Waals surface area contributed by atoms with Crippen LogP contribution in [-0.4, -0.2) is 56.2 Å². The van der Waals surface area contributed by atoms with Crippen LogP contribution in [0.5, 0.6) is 5.75 Å². The maximum absolute atomic E-state index is 12.0. The molecule has 0 aliphatic carbocycles. The Kier molecular flexibility index (Phi) is 4.90. The summed E-state index contributed by atoms with van der Waals surface area (Å²) in [6.45, 7) is 6.73. The first-order chi connectivity index (χ1) is 14.2. The molecule has 0 spiro atoms. The third-order valence-electron chi connectivity index (χ3n) is 4.78. The summed E-state index contributed by atoms with van der Waals surface area (Å²) >= 11 is 0. The van der Waals surface area contributed by atoms with Gasteiger partial charge in [0.2, 0.25) is 0 Å². The number of aryl methyl sites for hydroxylation is 1. The van der Waals surface area contributed by atoms with Gasteiger partial charge in [-0.05, 0) is 26.8 Å². The number of hydrogen-bond acceptors (Lipinski definition) is 5. The predicted octanol–water partition coefficient (Wildman–Crippen LogP) is 2.96. The Morgan fingerprint density at radius 1 is 1.17 bits per heavy atom. The molecule has 30 heavy (non-hydrogen) atoms. The molecule has 1 aliphatic rings. The molecule has 0 radical (unpaired) electrons. The van der Waals surface area contributed by atoms with E-state index in [9.17, 15) is 4.79 Å². The highest BCUT2D eigenvalue weighted by Gasteiger charge is 2.32. The summed E-state index contributed by atoms with van der Waals surface area (Å²) in [6.07, 6.45) is 7.13. The zero-order chi connectivity index (χ0) is 21.5. The molecule has 0 saturated carbocycles. The summed E-state index contributed by atoms with van der Waals surface area (Å²) in [5, 5.41) is 8.67. The van der Waals surface area contributed by atoms with Crippen LogP contribution in [0.25, 0.3) is 16.6 Å². The van der Waals surface area contributed by atoms with E-state index in [0.29, 0.717) is 18.8 Å². The average molecular weight is 407 g/mol. The molecule has 3 aromatic rings. The lowest BCUT2D eigenvalue weighted by atomic mass is 10.0. The zero-order valence-electron chi connectivity index (χ0n) is 17.8. The maximum Gasteiger partial charge on any atom is 0.410 e. The van der Waals surface area contributed by atoms with Crippen LogP contribution < -0.4 is 4.74 Å². The Bertz CT molecular complexity index is 1150. The van der Waals surface area contributed by atoms with Crippen molar-refractivity contribution in [1.29, 1.82) is 0 Å². The van der Waals surface area contributed by atoms with E-state index < -0.39 is 5.60 Å². The number of pyridine rings is 1. The molecule has 0 aromatic carbocycles. The van der Waals surface area contributed by atoms with Crippen LogP contribution in [0.2, 0.25) is 0 Å². The Morgan fingerprint density at radius 3 is 2.57 bits per heavy atom. The van der Waals surface area contributed by atoms with Crippen LogP contribution in [0.15, 0.2) is 30.9 Å². The minimum absolute atomic E-state index is 0.119. The van der Waals surface area contributed by atoms with E-state index in [-0.39, 0.29) is 12.0 Å². The van der Waals surface area contributed by atoms with E-state index in [1.807, 2.05) is 46.3 Å². The first-order valence-corrected chi connectivity index (χ1v) is 9.77. The second kappa shape index (κ2) is 7.41. The molecule has 0 unspecified atom stereocenters. The second-order valence-electron chi connectivity index (χ2n) is 8.40. The first kappa shape index (κ1) is 19.8. The van der Waals surface area contributed by atoms with E-state index in [2.05, 4.69) is 22.0 Å². The number of carbonyl (C=O) groups excluding carboxylic acids is 1. The van der Waals surface area contributed by atoms with Crippen molar-refractivity contribution in [1.82, 2.24) is 24.3 Å². The summed E-state index contributed by atoms with van der Waals surface area (Å²) in [5.74, 6) is 7.26. The van der Waals surface area contributed by atoms with Gasteiger partial charge in [0, 0.05) is 43.7 Å². The van der Waals surface area contributed by atoms with Crippen molar-refractivity contribution in [2.24, 2.45) is 13.0 Å². The normalized spacial score (nSPS) is 14.2. The Morgan fingerprint density at radius 2 is 1.93 bits per heavy atom. The van der Waals surface area contributed by atoms with E-state index in [1.54, 1.807) is 33.6 Å². The number of methoxy groups -OCH3 is 1. The number of ether oxygens (including phenoxy) is 2. The highest BCUT2D eigenvalue weighted by molar-refractivity contribution is 5.75. The molecule has 4 heterocycles. The quantitative estimate of drug-likeness (QED) is 0.611. The number of fused-ring (bicyclic) bond motifs is 1. The molecule has 3 aromatic heterocycles. The van der Waals surface area contributed by atoms with Gasteiger partial charge in [0.25, 0.3) is 0 Å². The van der Waals surface area contributed by atoms with Gasteiger partial charge < -0.3 is 14.4 Å². The molecule has 4 rings (SSSR count). The van der Waals surface area contributed by atoms with Crippen LogP contribution in [-0.2, 0) is 11.8 Å². The van der Waals surface area contributed by atoms with Gasteiger partial charge >= 0.3 is 6.09 Å². The highest BCUT2D eigenvalue weighted by atomic mass is 16.6. The van der Waals surface area contributed by atoms with E-state index in [1.165, 1.54) is 0 Å². The third kappa shape index (κ3) is 3.96. The topological polar surface area (TPSA) is 73.9 Å². The molecule has 156 valence electrons. The number of carbonyl (C=O) groups is 1. The Balaban J connectivity index is 1.52. The van der Waals surface area contributed by atoms with Crippen molar-refractivity contribution in [2.75, 3.05) is 20.2 Å². The van der Waals surface area contributed by atoms with Crippen LogP contribution in [0, 0.1) is 17.8 Å². The van der Waals surface area contributed by atoms with Gasteiger partial charge in [-0.1, -0.05) is 11.8 Å². The fraction of sp³-hybridized carbons (Fsp3) is 0.409. The lowest BCUT2D eigenvalue weighted by molar-refractivity contribution is 0.00592. The van der Waals surface area contributed by atoms with Gasteiger partial charge in [-0.2, -0.15) is 10.2 Å². The number of aromatic nitrogens is 4. The SMILES string of the molecule is COc1cc(-c2cnn(C)c2)cn2ncc(C#CC3CN(C(=O)OC(C)(C)C)C3)c12. The zero-order valence-corrected chi connectivity index (χ0v) is 17.8. The smallest absolute Gasteiger partial charge is 0.410 e. The lowest BCUT2D eigenvalue weighted by Gasteiger charge is -2.37. The third-order valence-corrected chi connectivity index (χ3v) is 4.78. The van der Waals surface area contributed by atoms with E-state index in [0.717, 1.165) is 22.2 Å². The molecule has 1 saturated heterocycles. The van der Waals surface area contributed by atoms with Crippen LogP contribution in [0.4, 0.5) is 4.79 Å². The summed E-state index contributed by atoms with van der Waals surface area (Å²) in [4.78, 5) is 13.7. The fourth-order valence-corrected chi connectivity index (χ4v) is 3.28. The number of likely N-dealkylation sites (tertiary alicyclic amines) is 1. The average Bonchev–Trinajstić information content (AvgIpc) is 3.24. The second-order valence-corrected chi connectivity index (χ2v) is 8.40. The molecule has 1 fully saturated rings. The molecule has 1 aliphatic heterocycles. The number of nitrogens with zero attached hydrogens (tertiary/aromatic N) is 5. The number of amides is 1. The molecule has 8 heteroatoms. The standard InChI is InChI=1S/C22H25N5O3/c1-22(2,3)30-21(28)26-11-15(12-26)6-7-16-9-24-27-14-17(8-19(29-5)20(16)27)18-10-23-25(4)13-18/h8-10,13-15H,11-12H2,1-5H3. The molecule has 0 bridgehead atoms. The fourth-order valence-electron chi connectivity index (χ4n) is 3.28. The number of hydrogen-bond donors (Lipinski definition) is 0. The van der Waals surface area contributed by atoms with Gasteiger partial charge in [-0.15, -0.1) is 0 Å². The summed E-state index contributed by atoms with van der Waals surface area (Å²) in [5.41, 5.74) is 3.07. The van der Waals surface area contributed by atoms with Crippen molar-refractivity contribution in [2.45, 2.75) is 26.4 Å². The van der Waals surface area contributed by atoms with Crippen molar-refractivity contribution in [3.05, 3.63) is 36.4 Å². The van der Waals surface area contributed by atoms with Crippen LogP contribution in [0.3, 0.4) is 0 Å². The number of rotatable bonds is 2. The van der Waals surface area contributed by atoms with Crippen molar-refractivity contribution in [3.8, 4) is 28.7 Å². The minimum Gasteiger partial charge on any atom is -0.494 e. The molecule has 1 amide bonds. The van der Waals surface area contributed by atoms with Gasteiger partial charge in [-0.25, -0.2) is 9.31 Å². The van der Waals surface area contributed by atoms with Crippen LogP contribution in [0.1, 0.15) is 26.3 Å². The highest BCUT2D eigenvalue weighted by Crippen LogP contribution is 2.29. The van der Waals surface area contributed by atoms with Gasteiger partial charge in [0.05, 0.1) is 31.0 Å². The largest absolute Gasteiger partial charge is 0.494 e. The van der Waals surface area contributed by atoms with Gasteiger partial charge in [0.1, 0.15) is 16.9 Å². The molecular weight excluding hydrogens is 382 g/mol.